The summed E-state index contributed by atoms with van der Waals surface area (Å²) in [6, 6.07) is 11.5. The molecule has 0 fully saturated rings. The normalized spacial score (nSPS) is 18.4. The standard InChI is InChI=1S/C16H11N3O6S/c20-13(15(21)17-9-5-1-3-7-11(9)19(23)24)14-16(22)18-10-6-2-4-8-12(10)26(14)25/h1-8,14H,(H,17,21)(H,18,22)/t14-,26-/m0/s1. The molecule has 1 heterocycles. The number of anilines is 2. The molecule has 0 spiro atoms. The Morgan fingerprint density at radius 1 is 1.12 bits per heavy atom. The Morgan fingerprint density at radius 2 is 1.77 bits per heavy atom. The number of nitro benzene ring substituents is 1. The van der Waals surface area contributed by atoms with Crippen molar-refractivity contribution in [3.63, 3.8) is 0 Å². The zero-order valence-electron chi connectivity index (χ0n) is 13.0. The van der Waals surface area contributed by atoms with E-state index in [9.17, 15) is 28.7 Å². The number of nitrogens with zero attached hydrogens (tertiary/aromatic N) is 1. The van der Waals surface area contributed by atoms with E-state index in [-0.39, 0.29) is 10.6 Å². The molecule has 0 radical (unpaired) electrons. The summed E-state index contributed by atoms with van der Waals surface area (Å²) in [7, 11) is -2.06. The number of rotatable bonds is 4. The molecule has 0 bridgehead atoms. The van der Waals surface area contributed by atoms with Gasteiger partial charge in [0.25, 0.3) is 11.6 Å². The second-order valence-electron chi connectivity index (χ2n) is 5.26. The van der Waals surface area contributed by atoms with Gasteiger partial charge in [-0.15, -0.1) is 0 Å². The van der Waals surface area contributed by atoms with Crippen molar-refractivity contribution in [2.24, 2.45) is 0 Å². The van der Waals surface area contributed by atoms with Gasteiger partial charge in [-0.2, -0.15) is 0 Å². The summed E-state index contributed by atoms with van der Waals surface area (Å²) in [5.74, 6) is -3.37. The lowest BCUT2D eigenvalue weighted by Crippen LogP contribution is -2.46. The van der Waals surface area contributed by atoms with Crippen LogP contribution in [0.5, 0.6) is 0 Å². The largest absolute Gasteiger partial charge is 0.324 e. The highest BCUT2D eigenvalue weighted by Crippen LogP contribution is 2.28. The maximum atomic E-state index is 12.5. The second kappa shape index (κ2) is 6.84. The Bertz CT molecular complexity index is 974. The molecule has 0 aliphatic carbocycles. The molecule has 0 aromatic heterocycles. The summed E-state index contributed by atoms with van der Waals surface area (Å²) >= 11 is 0. The van der Waals surface area contributed by atoms with E-state index < -0.39 is 44.3 Å². The fourth-order valence-electron chi connectivity index (χ4n) is 2.43. The van der Waals surface area contributed by atoms with Gasteiger partial charge < -0.3 is 10.6 Å². The van der Waals surface area contributed by atoms with Gasteiger partial charge in [-0.25, -0.2) is 0 Å². The van der Waals surface area contributed by atoms with E-state index in [4.69, 9.17) is 0 Å². The number of Topliss-reactive ketones (excluding diaryl/α,β-unsaturated/α-hetero) is 1. The number of nitrogens with one attached hydrogen (secondary N) is 2. The fourth-order valence-corrected chi connectivity index (χ4v) is 3.78. The number of amides is 2. The topological polar surface area (TPSA) is 135 Å². The van der Waals surface area contributed by atoms with Gasteiger partial charge in [-0.1, -0.05) is 24.3 Å². The minimum absolute atomic E-state index is 0.196. The summed E-state index contributed by atoms with van der Waals surface area (Å²) in [6.45, 7) is 0. The number of hydrogen-bond acceptors (Lipinski definition) is 6. The smallest absolute Gasteiger partial charge is 0.293 e. The Kier molecular flexibility index (Phi) is 4.59. The van der Waals surface area contributed by atoms with Crippen molar-refractivity contribution in [3.8, 4) is 0 Å². The first-order valence-corrected chi connectivity index (χ1v) is 8.50. The third kappa shape index (κ3) is 3.09. The van der Waals surface area contributed by atoms with E-state index in [0.717, 1.165) is 6.07 Å². The number of fused-ring (bicyclic) bond motifs is 1. The lowest BCUT2D eigenvalue weighted by Gasteiger charge is -2.22. The van der Waals surface area contributed by atoms with E-state index >= 15 is 0 Å². The number of hydrogen-bond donors (Lipinski definition) is 2. The monoisotopic (exact) mass is 373 g/mol. The van der Waals surface area contributed by atoms with E-state index in [0.29, 0.717) is 5.69 Å². The molecule has 132 valence electrons. The lowest BCUT2D eigenvalue weighted by molar-refractivity contribution is -0.383. The third-order valence-corrected chi connectivity index (χ3v) is 5.27. The van der Waals surface area contributed by atoms with Crippen LogP contribution in [0.4, 0.5) is 17.1 Å². The molecular weight excluding hydrogens is 362 g/mol. The van der Waals surface area contributed by atoms with Crippen LogP contribution in [-0.2, 0) is 25.2 Å². The predicted octanol–water partition coefficient (Wildman–Crippen LogP) is 1.23. The minimum Gasteiger partial charge on any atom is -0.324 e. The van der Waals surface area contributed by atoms with Crippen LogP contribution in [0.2, 0.25) is 0 Å². The molecule has 1 aliphatic heterocycles. The van der Waals surface area contributed by atoms with Gasteiger partial charge in [0.1, 0.15) is 5.69 Å². The van der Waals surface area contributed by atoms with Crippen molar-refractivity contribution in [2.45, 2.75) is 10.1 Å². The van der Waals surface area contributed by atoms with Crippen LogP contribution in [0.1, 0.15) is 0 Å². The quantitative estimate of drug-likeness (QED) is 0.358. The average Bonchev–Trinajstić information content (AvgIpc) is 2.61. The minimum atomic E-state index is -2.06. The number of carbonyl (C=O) groups excluding carboxylic acids is 3. The van der Waals surface area contributed by atoms with Crippen LogP contribution in [0.3, 0.4) is 0 Å². The van der Waals surface area contributed by atoms with Crippen molar-refractivity contribution in [1.29, 1.82) is 0 Å². The van der Waals surface area contributed by atoms with Crippen molar-refractivity contribution in [1.82, 2.24) is 0 Å². The average molecular weight is 373 g/mol. The number of benzene rings is 2. The first kappa shape index (κ1) is 17.4. The highest BCUT2D eigenvalue weighted by Gasteiger charge is 2.41. The molecule has 0 saturated heterocycles. The van der Waals surface area contributed by atoms with Crippen LogP contribution in [0.15, 0.2) is 53.4 Å². The van der Waals surface area contributed by atoms with Crippen LogP contribution < -0.4 is 10.6 Å². The molecule has 2 amide bonds. The van der Waals surface area contributed by atoms with Crippen LogP contribution in [0.25, 0.3) is 0 Å². The molecule has 1 aliphatic rings. The molecular formula is C16H11N3O6S. The maximum absolute atomic E-state index is 12.5. The Hall–Kier alpha value is -3.40. The molecule has 10 heteroatoms. The fraction of sp³-hybridized carbons (Fsp3) is 0.0625. The summed E-state index contributed by atoms with van der Waals surface area (Å²) in [4.78, 5) is 47.2. The Balaban J connectivity index is 1.86. The number of nitro groups is 1. The van der Waals surface area contributed by atoms with Gasteiger partial charge in [0.2, 0.25) is 11.7 Å². The Labute approximate surface area is 149 Å². The molecule has 26 heavy (non-hydrogen) atoms. The van der Waals surface area contributed by atoms with Crippen molar-refractivity contribution in [3.05, 3.63) is 58.6 Å². The highest BCUT2D eigenvalue weighted by atomic mass is 32.2. The molecule has 2 aromatic carbocycles. The van der Waals surface area contributed by atoms with Gasteiger partial charge >= 0.3 is 0 Å². The van der Waals surface area contributed by atoms with Crippen LogP contribution in [0, 0.1) is 10.1 Å². The van der Waals surface area contributed by atoms with Gasteiger partial charge in [-0.05, 0) is 18.2 Å². The molecule has 2 N–H and O–H groups in total. The van der Waals surface area contributed by atoms with E-state index in [1.165, 1.54) is 30.3 Å². The summed E-state index contributed by atoms with van der Waals surface area (Å²) < 4.78 is 12.5. The third-order valence-electron chi connectivity index (χ3n) is 3.62. The van der Waals surface area contributed by atoms with Crippen LogP contribution in [-0.4, -0.2) is 32.0 Å². The maximum Gasteiger partial charge on any atom is 0.293 e. The van der Waals surface area contributed by atoms with Crippen molar-refractivity contribution < 1.29 is 23.5 Å². The predicted molar refractivity (Wildman–Crippen MR) is 92.0 cm³/mol. The van der Waals surface area contributed by atoms with Gasteiger partial charge in [-0.3, -0.25) is 28.7 Å². The number of para-hydroxylation sites is 3. The Morgan fingerprint density at radius 3 is 2.50 bits per heavy atom. The zero-order valence-corrected chi connectivity index (χ0v) is 13.8. The first-order chi connectivity index (χ1) is 12.4. The van der Waals surface area contributed by atoms with E-state index in [1.54, 1.807) is 12.1 Å². The first-order valence-electron chi connectivity index (χ1n) is 7.29. The molecule has 3 rings (SSSR count). The van der Waals surface area contributed by atoms with E-state index in [1.807, 2.05) is 0 Å². The van der Waals surface area contributed by atoms with Gasteiger partial charge in [0.15, 0.2) is 5.25 Å². The lowest BCUT2D eigenvalue weighted by atomic mass is 10.2. The summed E-state index contributed by atoms with van der Waals surface area (Å²) in [5, 5.41) is 13.8. The molecule has 2 aromatic rings. The number of ketones is 1. The van der Waals surface area contributed by atoms with E-state index in [2.05, 4.69) is 10.6 Å². The highest BCUT2D eigenvalue weighted by molar-refractivity contribution is 7.87. The molecule has 2 atom stereocenters. The molecule has 0 saturated carbocycles. The van der Waals surface area contributed by atoms with Crippen molar-refractivity contribution in [2.75, 3.05) is 10.6 Å². The van der Waals surface area contributed by atoms with Gasteiger partial charge in [0.05, 0.1) is 26.3 Å². The summed E-state index contributed by atoms with van der Waals surface area (Å²) in [6.07, 6.45) is 0. The second-order valence-corrected chi connectivity index (χ2v) is 6.76. The number of carbonyl (C=O) groups is 3. The summed E-state index contributed by atoms with van der Waals surface area (Å²) in [5.41, 5.74) is -0.301. The SMILES string of the molecule is O=C(Nc1ccccc1[N+](=O)[O-])C(=O)[C@H]1C(=O)Nc2ccccc2[S@@]1=O. The zero-order chi connectivity index (χ0) is 18.8. The molecule has 9 nitrogen and oxygen atoms in total. The molecule has 0 unspecified atom stereocenters. The van der Waals surface area contributed by atoms with Gasteiger partial charge in [0, 0.05) is 6.07 Å². The van der Waals surface area contributed by atoms with Crippen molar-refractivity contribution >= 4 is 45.5 Å². The van der Waals surface area contributed by atoms with Crippen LogP contribution >= 0.6 is 0 Å².